The van der Waals surface area contributed by atoms with Crippen molar-refractivity contribution in [3.63, 3.8) is 0 Å². The summed E-state index contributed by atoms with van der Waals surface area (Å²) in [6, 6.07) is 8.18. The lowest BCUT2D eigenvalue weighted by molar-refractivity contribution is 0.0315. The number of thioether (sulfide) groups is 1. The average molecular weight is 252 g/mol. The smallest absolute Gasteiger partial charge is 0.0681 e. The van der Waals surface area contributed by atoms with Gasteiger partial charge in [-0.15, -0.1) is 0 Å². The molecule has 1 N–H and O–H groups in total. The lowest BCUT2D eigenvalue weighted by atomic mass is 10.1. The Morgan fingerprint density at radius 3 is 2.59 bits per heavy atom. The summed E-state index contributed by atoms with van der Waals surface area (Å²) >= 11 is 1.94. The Kier molecular flexibility index (Phi) is 5.36. The molecule has 1 aromatic carbocycles. The van der Waals surface area contributed by atoms with E-state index in [2.05, 4.69) is 12.1 Å². The van der Waals surface area contributed by atoms with E-state index >= 15 is 0 Å². The minimum absolute atomic E-state index is 0.128. The summed E-state index contributed by atoms with van der Waals surface area (Å²) in [5.74, 6) is 2.13. The van der Waals surface area contributed by atoms with Crippen LogP contribution in [-0.2, 0) is 17.1 Å². The third-order valence-electron chi connectivity index (χ3n) is 3.05. The number of ether oxygens (including phenoxy) is 1. The topological polar surface area (TPSA) is 29.5 Å². The maximum absolute atomic E-state index is 8.95. The van der Waals surface area contributed by atoms with E-state index in [1.54, 1.807) is 0 Å². The molecular weight excluding hydrogens is 232 g/mol. The molecule has 0 radical (unpaired) electrons. The van der Waals surface area contributed by atoms with Crippen molar-refractivity contribution in [3.05, 3.63) is 35.4 Å². The van der Waals surface area contributed by atoms with E-state index in [0.29, 0.717) is 6.10 Å². The van der Waals surface area contributed by atoms with Crippen LogP contribution in [0.25, 0.3) is 0 Å². The molecule has 94 valence electrons. The number of aliphatic hydroxyl groups excluding tert-OH is 1. The lowest BCUT2D eigenvalue weighted by Gasteiger charge is -2.22. The van der Waals surface area contributed by atoms with E-state index < -0.39 is 0 Å². The van der Waals surface area contributed by atoms with Gasteiger partial charge in [-0.05, 0) is 30.4 Å². The van der Waals surface area contributed by atoms with Crippen LogP contribution in [-0.4, -0.2) is 23.6 Å². The van der Waals surface area contributed by atoms with Crippen molar-refractivity contribution < 1.29 is 9.84 Å². The van der Waals surface area contributed by atoms with Gasteiger partial charge in [0.25, 0.3) is 0 Å². The molecule has 0 aliphatic carbocycles. The summed E-state index contributed by atoms with van der Waals surface area (Å²) in [5.41, 5.74) is 2.30. The summed E-state index contributed by atoms with van der Waals surface area (Å²) in [5, 5.41) is 8.95. The molecule has 0 spiro atoms. The van der Waals surface area contributed by atoms with Crippen molar-refractivity contribution in [1.29, 1.82) is 0 Å². The zero-order chi connectivity index (χ0) is 11.9. The van der Waals surface area contributed by atoms with Gasteiger partial charge in [-0.2, -0.15) is 11.8 Å². The first-order valence-corrected chi connectivity index (χ1v) is 7.42. The fraction of sp³-hybridized carbons (Fsp3) is 0.571. The Bertz CT molecular complexity index is 317. The Morgan fingerprint density at radius 1 is 1.18 bits per heavy atom. The first kappa shape index (κ1) is 12.9. The summed E-state index contributed by atoms with van der Waals surface area (Å²) < 4.78 is 5.70. The Labute approximate surface area is 107 Å². The number of aliphatic hydroxyl groups is 1. The number of hydrogen-bond donors (Lipinski definition) is 1. The van der Waals surface area contributed by atoms with Crippen LogP contribution in [0.15, 0.2) is 24.3 Å². The van der Waals surface area contributed by atoms with Gasteiger partial charge >= 0.3 is 0 Å². The van der Waals surface area contributed by atoms with Gasteiger partial charge in [0, 0.05) is 18.1 Å². The lowest BCUT2D eigenvalue weighted by Crippen LogP contribution is -2.21. The highest BCUT2D eigenvalue weighted by Gasteiger charge is 2.13. The predicted molar refractivity (Wildman–Crippen MR) is 72.1 cm³/mol. The maximum Gasteiger partial charge on any atom is 0.0681 e. The molecule has 0 aromatic heterocycles. The summed E-state index contributed by atoms with van der Waals surface area (Å²) in [6.45, 7) is 1.07. The summed E-state index contributed by atoms with van der Waals surface area (Å²) in [6.07, 6.45) is 4.22. The SMILES string of the molecule is OCc1ccc(CSCC2CCCCO2)cc1. The van der Waals surface area contributed by atoms with Crippen LogP contribution in [0.1, 0.15) is 30.4 Å². The third-order valence-corrected chi connectivity index (χ3v) is 4.20. The van der Waals surface area contributed by atoms with Gasteiger partial charge in [0.05, 0.1) is 12.7 Å². The second-order valence-corrected chi connectivity index (χ2v) is 5.51. The van der Waals surface area contributed by atoms with Gasteiger partial charge in [-0.25, -0.2) is 0 Å². The van der Waals surface area contributed by atoms with Gasteiger partial charge in [0.2, 0.25) is 0 Å². The zero-order valence-corrected chi connectivity index (χ0v) is 10.9. The fourth-order valence-corrected chi connectivity index (χ4v) is 3.06. The molecule has 2 rings (SSSR count). The molecule has 3 heteroatoms. The molecule has 1 aromatic rings. The monoisotopic (exact) mass is 252 g/mol. The molecule has 1 aliphatic rings. The highest BCUT2D eigenvalue weighted by molar-refractivity contribution is 7.98. The van der Waals surface area contributed by atoms with Crippen LogP contribution in [0, 0.1) is 0 Å². The minimum atomic E-state index is 0.128. The van der Waals surface area contributed by atoms with Gasteiger partial charge in [0.1, 0.15) is 0 Å². The van der Waals surface area contributed by atoms with Gasteiger partial charge in [0.15, 0.2) is 0 Å². The number of hydrogen-bond acceptors (Lipinski definition) is 3. The van der Waals surface area contributed by atoms with Crippen LogP contribution in [0.5, 0.6) is 0 Å². The molecule has 1 unspecified atom stereocenters. The van der Waals surface area contributed by atoms with Crippen molar-refractivity contribution in [1.82, 2.24) is 0 Å². The number of benzene rings is 1. The van der Waals surface area contributed by atoms with Crippen molar-refractivity contribution in [2.75, 3.05) is 12.4 Å². The van der Waals surface area contributed by atoms with Crippen molar-refractivity contribution in [2.24, 2.45) is 0 Å². The van der Waals surface area contributed by atoms with E-state index in [4.69, 9.17) is 9.84 Å². The molecule has 1 fully saturated rings. The van der Waals surface area contributed by atoms with E-state index in [9.17, 15) is 0 Å². The summed E-state index contributed by atoms with van der Waals surface area (Å²) in [7, 11) is 0. The van der Waals surface area contributed by atoms with E-state index in [1.807, 2.05) is 23.9 Å². The molecule has 1 atom stereocenters. The minimum Gasteiger partial charge on any atom is -0.392 e. The second kappa shape index (κ2) is 7.04. The highest BCUT2D eigenvalue weighted by atomic mass is 32.2. The maximum atomic E-state index is 8.95. The number of rotatable bonds is 5. The molecule has 1 aliphatic heterocycles. The van der Waals surface area contributed by atoms with Crippen molar-refractivity contribution in [3.8, 4) is 0 Å². The first-order valence-electron chi connectivity index (χ1n) is 6.26. The largest absolute Gasteiger partial charge is 0.392 e. The Hall–Kier alpha value is -0.510. The van der Waals surface area contributed by atoms with Gasteiger partial charge < -0.3 is 9.84 Å². The normalized spacial score (nSPS) is 20.4. The molecule has 1 heterocycles. The van der Waals surface area contributed by atoms with Crippen LogP contribution in [0.2, 0.25) is 0 Å². The molecular formula is C14H20O2S. The zero-order valence-electron chi connectivity index (χ0n) is 10.1. The van der Waals surface area contributed by atoms with Crippen molar-refractivity contribution in [2.45, 2.75) is 37.7 Å². The standard InChI is InChI=1S/C14H20O2S/c15-9-12-4-6-13(7-5-12)10-17-11-14-3-1-2-8-16-14/h4-7,14-15H,1-3,8-11H2. The molecule has 17 heavy (non-hydrogen) atoms. The molecule has 1 saturated heterocycles. The molecule has 0 bridgehead atoms. The Morgan fingerprint density at radius 2 is 1.94 bits per heavy atom. The summed E-state index contributed by atoms with van der Waals surface area (Å²) in [4.78, 5) is 0. The van der Waals surface area contributed by atoms with Crippen LogP contribution in [0.4, 0.5) is 0 Å². The van der Waals surface area contributed by atoms with E-state index in [1.165, 1.54) is 24.8 Å². The van der Waals surface area contributed by atoms with E-state index in [-0.39, 0.29) is 6.61 Å². The fourth-order valence-electron chi connectivity index (χ4n) is 1.99. The highest BCUT2D eigenvalue weighted by Crippen LogP contribution is 2.20. The third kappa shape index (κ3) is 4.34. The van der Waals surface area contributed by atoms with E-state index in [0.717, 1.165) is 23.7 Å². The average Bonchev–Trinajstić information content (AvgIpc) is 2.41. The van der Waals surface area contributed by atoms with Gasteiger partial charge in [-0.1, -0.05) is 24.3 Å². The predicted octanol–water partition coefficient (Wildman–Crippen LogP) is 2.98. The quantitative estimate of drug-likeness (QED) is 0.873. The van der Waals surface area contributed by atoms with Crippen molar-refractivity contribution >= 4 is 11.8 Å². The molecule has 0 saturated carbocycles. The second-order valence-electron chi connectivity index (χ2n) is 4.48. The molecule has 2 nitrogen and oxygen atoms in total. The van der Waals surface area contributed by atoms with Crippen LogP contribution >= 0.6 is 11.8 Å². The van der Waals surface area contributed by atoms with Gasteiger partial charge in [-0.3, -0.25) is 0 Å². The first-order chi connectivity index (χ1) is 8.38. The Balaban J connectivity index is 1.69. The van der Waals surface area contributed by atoms with Crippen LogP contribution in [0.3, 0.4) is 0 Å². The molecule has 0 amide bonds. The van der Waals surface area contributed by atoms with Crippen LogP contribution < -0.4 is 0 Å².